The molecule has 4 fully saturated rings. The smallest absolute Gasteiger partial charge is 0.358 e. The lowest BCUT2D eigenvalue weighted by Crippen LogP contribution is -2.48. The van der Waals surface area contributed by atoms with E-state index in [9.17, 15) is 38.4 Å². The van der Waals surface area contributed by atoms with Crippen LogP contribution in [0, 0.1) is 23.7 Å². The van der Waals surface area contributed by atoms with Crippen LogP contribution in [0.2, 0.25) is 0 Å². The van der Waals surface area contributed by atoms with E-state index in [1.54, 1.807) is 96.0 Å². The molecule has 33 nitrogen and oxygen atoms in total. The van der Waals surface area contributed by atoms with E-state index in [0.717, 1.165) is 70.7 Å². The number of likely N-dealkylation sites (N-methyl/N-ethyl adjacent to an activating group) is 4. The van der Waals surface area contributed by atoms with Crippen molar-refractivity contribution in [2.45, 2.75) is 99.2 Å². The molecule has 12 aromatic rings. The lowest BCUT2D eigenvalue weighted by atomic mass is 10.1. The molecule has 8 aromatic heterocycles. The number of rotatable bonds is 15. The number of aromatic nitrogens is 12. The molecule has 8 aliphatic rings. The van der Waals surface area contributed by atoms with Crippen molar-refractivity contribution in [1.82, 2.24) is 76.4 Å². The Morgan fingerprint density at radius 2 is 0.598 bits per heavy atom. The van der Waals surface area contributed by atoms with Gasteiger partial charge in [-0.05, 0) is 71.6 Å². The predicted molar refractivity (Wildman–Crippen MR) is 417 cm³/mol. The molecule has 0 spiro atoms. The monoisotopic (exact) mass is 1570 g/mol. The summed E-state index contributed by atoms with van der Waals surface area (Å²) in [7, 11) is 6.69. The molecule has 117 heavy (non-hydrogen) atoms. The Morgan fingerprint density at radius 3 is 0.872 bits per heavy atom. The predicted octanol–water partition coefficient (Wildman–Crippen LogP) is 7.65. The van der Waals surface area contributed by atoms with Crippen molar-refractivity contribution in [3.8, 4) is 0 Å². The zero-order valence-electron chi connectivity index (χ0n) is 63.6. The number of fused-ring (bicyclic) bond motifs is 12. The number of nitrogens with one attached hydrogen (secondary N) is 3. The van der Waals surface area contributed by atoms with Gasteiger partial charge in [0.25, 0.3) is 35.4 Å². The van der Waals surface area contributed by atoms with Gasteiger partial charge >= 0.3 is 5.97 Å². The summed E-state index contributed by atoms with van der Waals surface area (Å²) in [5.74, 6) is 2.75. The molecule has 20 rings (SSSR count). The molecule has 4 saturated carbocycles. The summed E-state index contributed by atoms with van der Waals surface area (Å²) in [5.41, 5.74) is 14.0. The molecule has 4 aliphatic carbocycles. The molecule has 6 N–H and O–H groups in total. The number of nitrogens with two attached hydrogens (primary N) is 1. The molecule has 0 radical (unpaired) electrons. The maximum atomic E-state index is 13.0. The van der Waals surface area contributed by atoms with Crippen molar-refractivity contribution in [2.75, 3.05) is 47.8 Å². The van der Waals surface area contributed by atoms with Crippen LogP contribution in [0.25, 0.3) is 0 Å². The first-order chi connectivity index (χ1) is 56.8. The number of carboxylic acids is 1. The second kappa shape index (κ2) is 33.1. The first kappa shape index (κ1) is 76.7. The third-order valence-electron chi connectivity index (χ3n) is 21.9. The lowest BCUT2D eigenvalue weighted by molar-refractivity contribution is -0.121. The number of nitrogens with zero attached hydrogens (tertiary/aromatic N) is 16. The molecule has 2 unspecified atom stereocenters. The third kappa shape index (κ3) is 16.8. The SMILES string of the molecule is CN1C(=O)[C@@H](N)C2C[C@H]2c2nccnc21.CN1C(=O)[C@@H](NC(=O)c2cc(Cc3ccccc3)on2)C2C[C@H]2c2nccnc21.CN1C(=O)[C@@H](NC(=O)c2cc(Cc3ccccc3)on2)[C@H]2C[C@H]2c2nccnc21.CN1C(=O)[C@H](NC(=O)c2cc(Cc3ccccc3)on2)[C@@H]2C[C@@H]2c2nccnc21.O=C(O)c1cc(Cc2ccccc2)on1. The van der Waals surface area contributed by atoms with E-state index in [0.29, 0.717) is 77.9 Å². The van der Waals surface area contributed by atoms with Gasteiger partial charge in [-0.2, -0.15) is 0 Å². The van der Waals surface area contributed by atoms with Crippen LogP contribution in [-0.4, -0.2) is 165 Å². The van der Waals surface area contributed by atoms with Crippen LogP contribution in [0.1, 0.15) is 159 Å². The highest BCUT2D eigenvalue weighted by Gasteiger charge is 2.57. The van der Waals surface area contributed by atoms with Crippen molar-refractivity contribution in [1.29, 1.82) is 0 Å². The van der Waals surface area contributed by atoms with Crippen LogP contribution >= 0.6 is 0 Å². The van der Waals surface area contributed by atoms with Gasteiger partial charge in [-0.15, -0.1) is 0 Å². The number of carbonyl (C=O) groups is 8. The van der Waals surface area contributed by atoms with Gasteiger partial charge in [-0.3, -0.25) is 73.1 Å². The van der Waals surface area contributed by atoms with Gasteiger partial charge in [-0.25, -0.2) is 24.7 Å². The summed E-state index contributed by atoms with van der Waals surface area (Å²) >= 11 is 0. The standard InChI is InChI=1S/3C21H19N5O3.C11H9NO3.C10H12N4O/c3*1-26-19-17(22-7-8-23-19)14-11-15(14)18(21(26)28)24-20(27)16-10-13(29-25-16)9-12-5-3-2-4-6-12;13-11(14)10-7-9(15-12-10)6-8-4-2-1-3-5-8;1-14-9-8(12-2-3-13-9)6-4-5(6)7(11)10(14)15/h3*2-8,10,14-15,18H,9,11H2,1H3,(H,24,27);1-5,7H,6H2,(H,13,14);2-3,5-7H,4,11H2,1H3/t14-,15?,18+;2*14-,15+,18+;;5?,6-,7+/m110.1/s1. The molecule has 592 valence electrons. The zero-order chi connectivity index (χ0) is 81.1. The zero-order valence-corrected chi connectivity index (χ0v) is 63.6. The largest absolute Gasteiger partial charge is 0.476 e. The second-order valence-corrected chi connectivity index (χ2v) is 29.7. The second-order valence-electron chi connectivity index (χ2n) is 29.7. The van der Waals surface area contributed by atoms with Crippen LogP contribution < -0.4 is 41.3 Å². The number of aromatic carboxylic acids is 1. The number of hydrogen-bond donors (Lipinski definition) is 5. The van der Waals surface area contributed by atoms with Gasteiger partial charge in [0.2, 0.25) is 5.91 Å². The van der Waals surface area contributed by atoms with Gasteiger partial charge < -0.3 is 44.9 Å². The summed E-state index contributed by atoms with van der Waals surface area (Å²) < 4.78 is 20.8. The highest BCUT2D eigenvalue weighted by Crippen LogP contribution is 2.56. The molecular formula is C84H78N20O13. The fourth-order valence-corrected chi connectivity index (χ4v) is 15.4. The third-order valence-corrected chi connectivity index (χ3v) is 21.9. The lowest BCUT2D eigenvalue weighted by Gasteiger charge is -2.22. The number of carboxylic acid groups (broad SMARTS) is 1. The van der Waals surface area contributed by atoms with Gasteiger partial charge in [-0.1, -0.05) is 142 Å². The van der Waals surface area contributed by atoms with E-state index in [2.05, 4.69) is 76.4 Å². The summed E-state index contributed by atoms with van der Waals surface area (Å²) in [5, 5.41) is 32.3. The topological polar surface area (TPSA) is 439 Å². The average Bonchev–Trinajstić information content (AvgIpc) is 1.61. The first-order valence-electron chi connectivity index (χ1n) is 38.0. The van der Waals surface area contributed by atoms with Gasteiger partial charge in [0.15, 0.2) is 46.0 Å². The van der Waals surface area contributed by atoms with E-state index in [4.69, 9.17) is 28.9 Å². The van der Waals surface area contributed by atoms with E-state index in [1.807, 2.05) is 121 Å². The Hall–Kier alpha value is -14.2. The molecule has 4 aromatic carbocycles. The summed E-state index contributed by atoms with van der Waals surface area (Å²) in [6, 6.07) is 43.0. The molecule has 0 bridgehead atoms. The number of amides is 7. The highest BCUT2D eigenvalue weighted by atomic mass is 16.5. The summed E-state index contributed by atoms with van der Waals surface area (Å²) in [6.45, 7) is 0. The van der Waals surface area contributed by atoms with Crippen molar-refractivity contribution >= 4 is 70.6 Å². The fraction of sp³-hybridized carbons (Fsp3) is 0.286. The Morgan fingerprint density at radius 1 is 0.359 bits per heavy atom. The molecule has 12 atom stereocenters. The van der Waals surface area contributed by atoms with Crippen LogP contribution in [0.3, 0.4) is 0 Å². The van der Waals surface area contributed by atoms with Crippen molar-refractivity contribution < 1.29 is 61.6 Å². The number of hydrogen-bond acceptors (Lipinski definition) is 25. The maximum absolute atomic E-state index is 13.0. The van der Waals surface area contributed by atoms with Crippen molar-refractivity contribution in [2.24, 2.45) is 29.4 Å². The minimum absolute atomic E-state index is 0.0162. The molecular weight excluding hydrogens is 1500 g/mol. The molecule has 0 saturated heterocycles. The van der Waals surface area contributed by atoms with E-state index < -0.39 is 47.9 Å². The molecule has 12 heterocycles. The molecule has 33 heteroatoms. The Labute approximate surface area is 667 Å². The number of benzene rings is 4. The van der Waals surface area contributed by atoms with Gasteiger partial charge in [0.1, 0.15) is 41.2 Å². The number of carbonyl (C=O) groups excluding carboxylic acids is 7. The van der Waals surface area contributed by atoms with Crippen molar-refractivity contribution in [3.63, 3.8) is 0 Å². The summed E-state index contributed by atoms with van der Waals surface area (Å²) in [6.07, 6.45) is 18.5. The molecule has 7 amide bonds. The van der Waals surface area contributed by atoms with Gasteiger partial charge in [0, 0.05) is 151 Å². The maximum Gasteiger partial charge on any atom is 0.358 e. The Bertz CT molecular complexity index is 5280. The fourth-order valence-electron chi connectivity index (χ4n) is 15.4. The van der Waals surface area contributed by atoms with Crippen LogP contribution in [0.4, 0.5) is 23.3 Å². The minimum atomic E-state index is -1.07. The van der Waals surface area contributed by atoms with E-state index in [-0.39, 0.29) is 87.8 Å². The first-order valence-corrected chi connectivity index (χ1v) is 38.0. The average molecular weight is 1580 g/mol. The van der Waals surface area contributed by atoms with Crippen LogP contribution in [-0.2, 0) is 44.9 Å². The minimum Gasteiger partial charge on any atom is -0.476 e. The van der Waals surface area contributed by atoms with Gasteiger partial charge in [0.05, 0.1) is 28.8 Å². The van der Waals surface area contributed by atoms with Crippen LogP contribution in [0.15, 0.2) is 213 Å². The van der Waals surface area contributed by atoms with Crippen LogP contribution in [0.5, 0.6) is 0 Å². The Balaban J connectivity index is 0.000000112. The highest BCUT2D eigenvalue weighted by molar-refractivity contribution is 6.05. The summed E-state index contributed by atoms with van der Waals surface area (Å²) in [4.78, 5) is 140. The quantitative estimate of drug-likeness (QED) is 0.0657. The number of anilines is 4. The van der Waals surface area contributed by atoms with Crippen molar-refractivity contribution in [3.05, 3.63) is 286 Å². The van der Waals surface area contributed by atoms with E-state index in [1.165, 1.54) is 25.7 Å². The molecule has 4 aliphatic heterocycles. The van der Waals surface area contributed by atoms with E-state index >= 15 is 0 Å². The normalized spacial score (nSPS) is 22.2. The Kier molecular flexibility index (Phi) is 21.7.